The van der Waals surface area contributed by atoms with Crippen LogP contribution in [0.25, 0.3) is 0 Å². The monoisotopic (exact) mass is 391 g/mol. The van der Waals surface area contributed by atoms with Crippen LogP contribution in [-0.4, -0.2) is 51.4 Å². The smallest absolute Gasteiger partial charge is 0.251 e. The van der Waals surface area contributed by atoms with Gasteiger partial charge in [-0.25, -0.2) is 8.42 Å². The Hall–Kier alpha value is -1.88. The Morgan fingerprint density at radius 1 is 1.26 bits per heavy atom. The van der Waals surface area contributed by atoms with E-state index in [9.17, 15) is 13.2 Å². The second kappa shape index (κ2) is 10.5. The van der Waals surface area contributed by atoms with Gasteiger partial charge in [-0.15, -0.1) is 6.42 Å². The zero-order valence-corrected chi connectivity index (χ0v) is 16.7. The second-order valence-corrected chi connectivity index (χ2v) is 8.66. The minimum absolute atomic E-state index is 0.0687. The Morgan fingerprint density at radius 2 is 2.00 bits per heavy atom. The average Bonchev–Trinajstić information content (AvgIpc) is 2.67. The molecule has 0 radical (unpaired) electrons. The fourth-order valence-electron chi connectivity index (χ4n) is 3.24. The average molecular weight is 392 g/mol. The molecule has 0 aliphatic carbocycles. The molecule has 1 aromatic carbocycles. The van der Waals surface area contributed by atoms with E-state index < -0.39 is 10.0 Å². The van der Waals surface area contributed by atoms with Crippen molar-refractivity contribution in [2.24, 2.45) is 0 Å². The molecule has 1 saturated heterocycles. The first kappa shape index (κ1) is 21.4. The minimum Gasteiger partial charge on any atom is -0.352 e. The first-order chi connectivity index (χ1) is 12.9. The molecule has 148 valence electrons. The summed E-state index contributed by atoms with van der Waals surface area (Å²) >= 11 is 0. The number of terminal acetylenes is 1. The predicted octanol–water partition coefficient (Wildman–Crippen LogP) is 1.98. The number of unbranched alkanes of at least 4 members (excludes halogenated alkanes) is 1. The number of likely N-dealkylation sites (tertiary alicyclic amines) is 1. The molecule has 1 aromatic rings. The maximum absolute atomic E-state index is 12.2. The molecule has 0 aromatic heterocycles. The Kier molecular flexibility index (Phi) is 8.29. The molecular formula is C20H29N3O3S. The summed E-state index contributed by atoms with van der Waals surface area (Å²) in [7, 11) is -3.63. The molecular weight excluding hydrogens is 362 g/mol. The molecule has 2 rings (SSSR count). The van der Waals surface area contributed by atoms with Gasteiger partial charge in [0.05, 0.1) is 11.4 Å². The summed E-state index contributed by atoms with van der Waals surface area (Å²) in [6, 6.07) is 6.50. The van der Waals surface area contributed by atoms with Crippen molar-refractivity contribution < 1.29 is 13.2 Å². The van der Waals surface area contributed by atoms with Gasteiger partial charge in [-0.05, 0) is 70.0 Å². The molecule has 0 unspecified atom stereocenters. The van der Waals surface area contributed by atoms with Gasteiger partial charge in [0.1, 0.15) is 0 Å². The number of nitrogens with one attached hydrogen (secondary N) is 2. The third-order valence-corrected chi connectivity index (χ3v) is 6.31. The molecule has 0 spiro atoms. The van der Waals surface area contributed by atoms with Crippen LogP contribution < -0.4 is 10.0 Å². The van der Waals surface area contributed by atoms with Crippen LogP contribution in [-0.2, 0) is 10.0 Å². The van der Waals surface area contributed by atoms with E-state index in [1.165, 1.54) is 50.1 Å². The summed E-state index contributed by atoms with van der Waals surface area (Å²) in [5.41, 5.74) is 0.440. The maximum atomic E-state index is 12.2. The number of benzene rings is 1. The zero-order chi connectivity index (χ0) is 19.7. The largest absolute Gasteiger partial charge is 0.352 e. The fourth-order valence-corrected chi connectivity index (χ4v) is 4.17. The summed E-state index contributed by atoms with van der Waals surface area (Å²) in [6.07, 6.45) is 10.9. The fraction of sp³-hybridized carbons (Fsp3) is 0.550. The van der Waals surface area contributed by atoms with Crippen LogP contribution in [0.1, 0.15) is 49.4 Å². The van der Waals surface area contributed by atoms with Crippen LogP contribution in [0.2, 0.25) is 0 Å². The molecule has 1 aliphatic rings. The van der Waals surface area contributed by atoms with E-state index in [1.807, 2.05) is 0 Å². The summed E-state index contributed by atoms with van der Waals surface area (Å²) in [5, 5.41) is 2.89. The van der Waals surface area contributed by atoms with Gasteiger partial charge < -0.3 is 10.2 Å². The lowest BCUT2D eigenvalue weighted by Gasteiger charge is -2.33. The Bertz CT molecular complexity index is 754. The standard InChI is InChI=1S/C20H29N3O3S/c1-3-13-22-27(25,26)19-11-9-18(10-12-19)20(24)21-14-5-7-16-23-15-6-4-8-17(23)2/h1,9-12,17,22H,4-8,13-16H2,2H3,(H,21,24)/t17-/m1/s1. The number of piperidine rings is 1. The molecule has 1 aliphatic heterocycles. The summed E-state index contributed by atoms with van der Waals surface area (Å²) in [6.45, 7) is 5.09. The van der Waals surface area contributed by atoms with Crippen LogP contribution >= 0.6 is 0 Å². The Labute approximate surface area is 162 Å². The van der Waals surface area contributed by atoms with Crippen molar-refractivity contribution in [2.45, 2.75) is 50.0 Å². The van der Waals surface area contributed by atoms with E-state index in [2.05, 4.69) is 27.8 Å². The van der Waals surface area contributed by atoms with Crippen molar-refractivity contribution in [3.05, 3.63) is 29.8 Å². The molecule has 1 amide bonds. The van der Waals surface area contributed by atoms with Crippen LogP contribution in [0, 0.1) is 12.3 Å². The molecule has 0 bridgehead atoms. The van der Waals surface area contributed by atoms with E-state index in [1.54, 1.807) is 0 Å². The molecule has 27 heavy (non-hydrogen) atoms. The van der Waals surface area contributed by atoms with Crippen LogP contribution in [0.5, 0.6) is 0 Å². The van der Waals surface area contributed by atoms with Crippen LogP contribution in [0.4, 0.5) is 0 Å². The SMILES string of the molecule is C#CCNS(=O)(=O)c1ccc(C(=O)NCCCCN2CCCC[C@H]2C)cc1. The van der Waals surface area contributed by atoms with E-state index in [-0.39, 0.29) is 17.3 Å². The summed E-state index contributed by atoms with van der Waals surface area (Å²) in [4.78, 5) is 14.8. The predicted molar refractivity (Wildman–Crippen MR) is 107 cm³/mol. The highest BCUT2D eigenvalue weighted by Gasteiger charge is 2.17. The second-order valence-electron chi connectivity index (χ2n) is 6.90. The highest BCUT2D eigenvalue weighted by Crippen LogP contribution is 2.16. The number of carbonyl (C=O) groups is 1. The van der Waals surface area contributed by atoms with Gasteiger partial charge >= 0.3 is 0 Å². The number of amides is 1. The quantitative estimate of drug-likeness (QED) is 0.498. The van der Waals surface area contributed by atoms with E-state index >= 15 is 0 Å². The van der Waals surface area contributed by atoms with Crippen molar-refractivity contribution >= 4 is 15.9 Å². The number of hydrogen-bond donors (Lipinski definition) is 2. The van der Waals surface area contributed by atoms with Gasteiger partial charge in [0.25, 0.3) is 5.91 Å². The van der Waals surface area contributed by atoms with Crippen LogP contribution in [0.15, 0.2) is 29.2 Å². The van der Waals surface area contributed by atoms with Gasteiger partial charge in [-0.2, -0.15) is 4.72 Å². The highest BCUT2D eigenvalue weighted by molar-refractivity contribution is 7.89. The molecule has 0 saturated carbocycles. The normalized spacial score (nSPS) is 18.0. The number of rotatable bonds is 9. The third kappa shape index (κ3) is 6.65. The molecule has 1 fully saturated rings. The molecule has 1 atom stereocenters. The minimum atomic E-state index is -3.63. The Balaban J connectivity index is 1.73. The zero-order valence-electron chi connectivity index (χ0n) is 15.9. The summed E-state index contributed by atoms with van der Waals surface area (Å²) in [5.74, 6) is 2.03. The van der Waals surface area contributed by atoms with E-state index in [0.717, 1.165) is 19.4 Å². The molecule has 1 heterocycles. The molecule has 6 nitrogen and oxygen atoms in total. The van der Waals surface area contributed by atoms with Gasteiger partial charge in [0, 0.05) is 18.2 Å². The van der Waals surface area contributed by atoms with Crippen molar-refractivity contribution in [2.75, 3.05) is 26.2 Å². The van der Waals surface area contributed by atoms with Crippen LogP contribution in [0.3, 0.4) is 0 Å². The number of sulfonamides is 1. The lowest BCUT2D eigenvalue weighted by atomic mass is 10.0. The van der Waals surface area contributed by atoms with Gasteiger partial charge in [0.2, 0.25) is 10.0 Å². The summed E-state index contributed by atoms with van der Waals surface area (Å²) < 4.78 is 26.2. The first-order valence-electron chi connectivity index (χ1n) is 9.49. The van der Waals surface area contributed by atoms with Crippen molar-refractivity contribution in [3.8, 4) is 12.3 Å². The highest BCUT2D eigenvalue weighted by atomic mass is 32.2. The van der Waals surface area contributed by atoms with Gasteiger partial charge in [-0.3, -0.25) is 4.79 Å². The lowest BCUT2D eigenvalue weighted by molar-refractivity contribution is 0.0951. The lowest BCUT2D eigenvalue weighted by Crippen LogP contribution is -2.38. The maximum Gasteiger partial charge on any atom is 0.251 e. The topological polar surface area (TPSA) is 78.5 Å². The third-order valence-electron chi connectivity index (χ3n) is 4.89. The number of nitrogens with zero attached hydrogens (tertiary/aromatic N) is 1. The van der Waals surface area contributed by atoms with E-state index in [0.29, 0.717) is 18.2 Å². The number of carbonyl (C=O) groups excluding carboxylic acids is 1. The Morgan fingerprint density at radius 3 is 2.67 bits per heavy atom. The van der Waals surface area contributed by atoms with Crippen molar-refractivity contribution in [1.82, 2.24) is 14.9 Å². The van der Waals surface area contributed by atoms with E-state index in [4.69, 9.17) is 6.42 Å². The molecule has 2 N–H and O–H groups in total. The molecule has 7 heteroatoms. The first-order valence-corrected chi connectivity index (χ1v) is 11.0. The number of hydrogen-bond acceptors (Lipinski definition) is 4. The van der Waals surface area contributed by atoms with Crippen molar-refractivity contribution in [1.29, 1.82) is 0 Å². The van der Waals surface area contributed by atoms with Crippen molar-refractivity contribution in [3.63, 3.8) is 0 Å². The van der Waals surface area contributed by atoms with Gasteiger partial charge in [0.15, 0.2) is 0 Å². The van der Waals surface area contributed by atoms with Gasteiger partial charge in [-0.1, -0.05) is 12.3 Å².